The summed E-state index contributed by atoms with van der Waals surface area (Å²) < 4.78 is 5.78. The van der Waals surface area contributed by atoms with Crippen LogP contribution in [-0.2, 0) is 23.3 Å². The number of hydrogen-bond donors (Lipinski definition) is 1. The number of carbonyl (C=O) groups excluding carboxylic acids is 1. The molecule has 4 rings (SSSR count). The normalized spacial score (nSPS) is 19.1. The molecule has 0 bridgehead atoms. The summed E-state index contributed by atoms with van der Waals surface area (Å²) in [5.41, 5.74) is 3.25. The van der Waals surface area contributed by atoms with Crippen LogP contribution >= 0.6 is 0 Å². The number of piperidine rings is 1. The highest BCUT2D eigenvalue weighted by Gasteiger charge is 2.47. The lowest BCUT2D eigenvalue weighted by molar-refractivity contribution is -0.139. The van der Waals surface area contributed by atoms with Gasteiger partial charge in [0.2, 0.25) is 5.91 Å². The minimum absolute atomic E-state index is 0.152. The monoisotopic (exact) mass is 368 g/mol. The second kappa shape index (κ2) is 7.35. The van der Waals surface area contributed by atoms with Crippen molar-refractivity contribution >= 4 is 5.91 Å². The van der Waals surface area contributed by atoms with Gasteiger partial charge in [0.05, 0.1) is 24.2 Å². The molecule has 1 N–H and O–H groups in total. The summed E-state index contributed by atoms with van der Waals surface area (Å²) in [6.45, 7) is 7.91. The third-order valence-corrected chi connectivity index (χ3v) is 5.99. The molecule has 1 saturated heterocycles. The Kier molecular flexibility index (Phi) is 4.91. The van der Waals surface area contributed by atoms with Gasteiger partial charge < -0.3 is 14.6 Å². The van der Waals surface area contributed by atoms with Gasteiger partial charge in [0.25, 0.3) is 0 Å². The van der Waals surface area contributed by atoms with Crippen LogP contribution in [0.5, 0.6) is 5.75 Å². The first-order chi connectivity index (χ1) is 13.1. The second-order valence-corrected chi connectivity index (χ2v) is 7.50. The zero-order valence-corrected chi connectivity index (χ0v) is 16.2. The molecule has 1 aromatic heterocycles. The smallest absolute Gasteiger partial charge is 0.220 e. The Labute approximate surface area is 160 Å². The number of fused-ring (bicyclic) bond motifs is 2. The molecule has 0 radical (unpaired) electrons. The molecule has 144 valence electrons. The zero-order chi connectivity index (χ0) is 18.9. The highest BCUT2D eigenvalue weighted by Crippen LogP contribution is 2.42. The Balaban J connectivity index is 1.52. The van der Waals surface area contributed by atoms with Gasteiger partial charge in [-0.2, -0.15) is 0 Å². The van der Waals surface area contributed by atoms with Gasteiger partial charge in [0.15, 0.2) is 0 Å². The maximum Gasteiger partial charge on any atom is 0.220 e. The number of H-pyrrole nitrogens is 1. The molecule has 6 heteroatoms. The van der Waals surface area contributed by atoms with Crippen molar-refractivity contribution in [3.63, 3.8) is 0 Å². The number of amides is 1. The number of nitrogens with zero attached hydrogens (tertiary/aromatic N) is 3. The lowest BCUT2D eigenvalue weighted by atomic mass is 9.78. The van der Waals surface area contributed by atoms with Gasteiger partial charge in [0.1, 0.15) is 5.75 Å². The molecule has 27 heavy (non-hydrogen) atoms. The predicted octanol–water partition coefficient (Wildman–Crippen LogP) is 2.70. The number of aromatic amines is 1. The first-order valence-electron chi connectivity index (χ1n) is 9.88. The summed E-state index contributed by atoms with van der Waals surface area (Å²) in [7, 11) is 0. The third-order valence-electron chi connectivity index (χ3n) is 5.99. The van der Waals surface area contributed by atoms with Gasteiger partial charge in [-0.05, 0) is 25.8 Å². The molecule has 3 heterocycles. The number of para-hydroxylation sites is 1. The fourth-order valence-corrected chi connectivity index (χ4v) is 4.70. The number of likely N-dealkylation sites (tertiary alicyclic amines) is 1. The van der Waals surface area contributed by atoms with Crippen LogP contribution in [-0.4, -0.2) is 51.9 Å². The number of nitrogens with one attached hydrogen (secondary N) is 1. The highest BCUT2D eigenvalue weighted by molar-refractivity contribution is 5.75. The van der Waals surface area contributed by atoms with E-state index in [0.29, 0.717) is 6.61 Å². The van der Waals surface area contributed by atoms with Crippen LogP contribution in [0.15, 0.2) is 30.6 Å². The van der Waals surface area contributed by atoms with Gasteiger partial charge in [-0.3, -0.25) is 9.69 Å². The Morgan fingerprint density at radius 3 is 2.78 bits per heavy atom. The van der Waals surface area contributed by atoms with Crippen LogP contribution in [0.1, 0.15) is 43.6 Å². The molecule has 2 aliphatic rings. The summed E-state index contributed by atoms with van der Waals surface area (Å²) >= 11 is 0. The maximum absolute atomic E-state index is 12.4. The molecule has 0 atom stereocenters. The van der Waals surface area contributed by atoms with Crippen LogP contribution in [0.3, 0.4) is 0 Å². The van der Waals surface area contributed by atoms with Crippen LogP contribution < -0.4 is 4.74 Å². The largest absolute Gasteiger partial charge is 0.494 e. The second-order valence-electron chi connectivity index (χ2n) is 7.50. The van der Waals surface area contributed by atoms with Gasteiger partial charge in [-0.15, -0.1) is 0 Å². The van der Waals surface area contributed by atoms with Crippen LogP contribution in [0.4, 0.5) is 0 Å². The van der Waals surface area contributed by atoms with Crippen molar-refractivity contribution in [1.29, 1.82) is 0 Å². The maximum atomic E-state index is 12.4. The van der Waals surface area contributed by atoms with Crippen LogP contribution in [0.2, 0.25) is 0 Å². The van der Waals surface area contributed by atoms with Crippen molar-refractivity contribution in [2.24, 2.45) is 0 Å². The number of carbonyl (C=O) groups is 1. The number of ether oxygens (including phenoxy) is 1. The van der Waals surface area contributed by atoms with Crippen LogP contribution in [0, 0.1) is 0 Å². The van der Waals surface area contributed by atoms with E-state index < -0.39 is 0 Å². The number of rotatable bonds is 4. The van der Waals surface area contributed by atoms with E-state index >= 15 is 0 Å². The Bertz CT molecular complexity index is 808. The van der Waals surface area contributed by atoms with Gasteiger partial charge in [0, 0.05) is 50.8 Å². The molecule has 1 fully saturated rings. The average molecular weight is 368 g/mol. The molecular weight excluding hydrogens is 340 g/mol. The molecule has 0 aliphatic carbocycles. The Morgan fingerprint density at radius 1 is 1.26 bits per heavy atom. The number of hydrogen-bond acceptors (Lipinski definition) is 4. The van der Waals surface area contributed by atoms with E-state index in [4.69, 9.17) is 4.74 Å². The van der Waals surface area contributed by atoms with Crippen molar-refractivity contribution < 1.29 is 9.53 Å². The average Bonchev–Trinajstić information content (AvgIpc) is 3.15. The highest BCUT2D eigenvalue weighted by atomic mass is 16.5. The van der Waals surface area contributed by atoms with Crippen molar-refractivity contribution in [2.75, 3.05) is 26.2 Å². The predicted molar refractivity (Wildman–Crippen MR) is 103 cm³/mol. The van der Waals surface area contributed by atoms with Crippen LogP contribution in [0.25, 0.3) is 0 Å². The molecule has 1 aromatic carbocycles. The SMILES string of the molecule is CCOc1ccccc1CN1CCC2(CC1)c1nc[nH]c1CCN2C(C)=O. The third kappa shape index (κ3) is 3.23. The first-order valence-corrected chi connectivity index (χ1v) is 9.88. The minimum Gasteiger partial charge on any atom is -0.494 e. The number of imidazole rings is 1. The molecule has 1 amide bonds. The van der Waals surface area contributed by atoms with Crippen molar-refractivity contribution in [1.82, 2.24) is 19.8 Å². The van der Waals surface area contributed by atoms with E-state index in [0.717, 1.165) is 56.9 Å². The Hall–Kier alpha value is -2.34. The molecule has 0 saturated carbocycles. The lowest BCUT2D eigenvalue weighted by Gasteiger charge is -2.50. The minimum atomic E-state index is -0.255. The van der Waals surface area contributed by atoms with E-state index in [1.54, 1.807) is 13.3 Å². The van der Waals surface area contributed by atoms with Crippen molar-refractivity contribution in [3.05, 3.63) is 47.5 Å². The summed E-state index contributed by atoms with van der Waals surface area (Å²) in [5, 5.41) is 0. The van der Waals surface area contributed by atoms with E-state index in [1.165, 1.54) is 11.3 Å². The molecule has 0 unspecified atom stereocenters. The van der Waals surface area contributed by atoms with Gasteiger partial charge in [-0.1, -0.05) is 18.2 Å². The first kappa shape index (κ1) is 18.0. The quantitative estimate of drug-likeness (QED) is 0.901. The summed E-state index contributed by atoms with van der Waals surface area (Å²) in [5.74, 6) is 1.12. The summed E-state index contributed by atoms with van der Waals surface area (Å²) in [6.07, 6.45) is 4.48. The number of benzene rings is 1. The number of aromatic nitrogens is 2. The zero-order valence-electron chi connectivity index (χ0n) is 16.2. The molecule has 1 spiro atoms. The van der Waals surface area contributed by atoms with E-state index in [2.05, 4.69) is 31.9 Å². The fourth-order valence-electron chi connectivity index (χ4n) is 4.70. The van der Waals surface area contributed by atoms with Crippen molar-refractivity contribution in [2.45, 2.75) is 45.2 Å². The van der Waals surface area contributed by atoms with E-state index in [-0.39, 0.29) is 11.4 Å². The van der Waals surface area contributed by atoms with E-state index in [9.17, 15) is 4.79 Å². The van der Waals surface area contributed by atoms with Crippen molar-refractivity contribution in [3.8, 4) is 5.75 Å². The fraction of sp³-hybridized carbons (Fsp3) is 0.524. The molecule has 6 nitrogen and oxygen atoms in total. The standard InChI is InChI=1S/C21H28N4O2/c1-3-27-19-7-5-4-6-17(19)14-24-12-9-21(10-13-24)20-18(22-15-23-20)8-11-25(21)16(2)26/h4-7,15H,3,8-14H2,1-2H3,(H,22,23). The van der Waals surface area contributed by atoms with Gasteiger partial charge >= 0.3 is 0 Å². The van der Waals surface area contributed by atoms with Gasteiger partial charge in [-0.25, -0.2) is 4.98 Å². The topological polar surface area (TPSA) is 61.5 Å². The Morgan fingerprint density at radius 2 is 2.04 bits per heavy atom. The molecule has 2 aromatic rings. The summed E-state index contributed by atoms with van der Waals surface area (Å²) in [4.78, 5) is 24.8. The lowest BCUT2D eigenvalue weighted by Crippen LogP contribution is -2.57. The molecule has 2 aliphatic heterocycles. The van der Waals surface area contributed by atoms with E-state index in [1.807, 2.05) is 19.1 Å². The summed E-state index contributed by atoms with van der Waals surface area (Å²) in [6, 6.07) is 8.27. The molecular formula is C21H28N4O2.